The molecule has 0 saturated carbocycles. The van der Waals surface area contributed by atoms with Gasteiger partial charge in [-0.15, -0.1) is 0 Å². The van der Waals surface area contributed by atoms with E-state index in [9.17, 15) is 14.4 Å². The van der Waals surface area contributed by atoms with Gasteiger partial charge in [-0.05, 0) is 60.8 Å². The number of carbonyl (C=O) groups is 3. The molecular weight excluding hydrogens is 454 g/mol. The highest BCUT2D eigenvalue weighted by Crippen LogP contribution is 2.30. The molecule has 1 atom stereocenters. The van der Waals surface area contributed by atoms with Crippen molar-refractivity contribution in [1.82, 2.24) is 4.90 Å². The lowest BCUT2D eigenvalue weighted by Gasteiger charge is -2.24. The molecule has 1 saturated heterocycles. The number of carbonyl (C=O) groups excluding carboxylic acids is 3. The lowest BCUT2D eigenvalue weighted by molar-refractivity contribution is -0.142. The number of hydrogen-bond acceptors (Lipinski definition) is 6. The van der Waals surface area contributed by atoms with Crippen molar-refractivity contribution in [2.75, 3.05) is 18.4 Å². The maximum Gasteiger partial charge on any atom is 0.410 e. The average molecular weight is 480 g/mol. The Labute approximate surface area is 184 Å². The van der Waals surface area contributed by atoms with E-state index in [2.05, 4.69) is 26.2 Å². The van der Waals surface area contributed by atoms with Crippen molar-refractivity contribution < 1.29 is 23.9 Å². The SMILES string of the molecule is CC(=O)OCc1cc2c(cc1NC(=O)C1CCN(C(=O)OC(C)(C)C)C1)C(Br)=NC2. The molecule has 1 unspecified atom stereocenters. The quantitative estimate of drug-likeness (QED) is 0.665. The number of benzene rings is 1. The van der Waals surface area contributed by atoms with Gasteiger partial charge in [0.2, 0.25) is 5.91 Å². The molecule has 2 aliphatic rings. The third-order valence-electron chi connectivity index (χ3n) is 4.84. The molecule has 0 aliphatic carbocycles. The molecule has 8 nitrogen and oxygen atoms in total. The summed E-state index contributed by atoms with van der Waals surface area (Å²) in [5, 5.41) is 2.95. The highest BCUT2D eigenvalue weighted by atomic mass is 79.9. The summed E-state index contributed by atoms with van der Waals surface area (Å²) >= 11 is 3.43. The molecule has 162 valence electrons. The van der Waals surface area contributed by atoms with Gasteiger partial charge >= 0.3 is 12.1 Å². The number of fused-ring (bicyclic) bond motifs is 1. The number of halogens is 1. The minimum Gasteiger partial charge on any atom is -0.461 e. The van der Waals surface area contributed by atoms with E-state index in [1.807, 2.05) is 32.9 Å². The van der Waals surface area contributed by atoms with Crippen molar-refractivity contribution in [3.63, 3.8) is 0 Å². The Morgan fingerprint density at radius 2 is 2.03 bits per heavy atom. The summed E-state index contributed by atoms with van der Waals surface area (Å²) in [5.41, 5.74) is 2.60. The number of amides is 2. The summed E-state index contributed by atoms with van der Waals surface area (Å²) in [7, 11) is 0. The fraction of sp³-hybridized carbons (Fsp3) is 0.524. The predicted molar refractivity (Wildman–Crippen MR) is 116 cm³/mol. The number of ether oxygens (including phenoxy) is 2. The third-order valence-corrected chi connectivity index (χ3v) is 5.52. The molecule has 0 aromatic heterocycles. The molecule has 1 N–H and O–H groups in total. The highest BCUT2D eigenvalue weighted by molar-refractivity contribution is 9.18. The Kier molecular flexibility index (Phi) is 6.50. The van der Waals surface area contributed by atoms with E-state index in [-0.39, 0.29) is 18.4 Å². The van der Waals surface area contributed by atoms with Crippen LogP contribution in [0.1, 0.15) is 50.8 Å². The van der Waals surface area contributed by atoms with Crippen LogP contribution in [0.3, 0.4) is 0 Å². The van der Waals surface area contributed by atoms with Gasteiger partial charge in [0.25, 0.3) is 0 Å². The van der Waals surface area contributed by atoms with Crippen LogP contribution in [-0.4, -0.2) is 46.2 Å². The number of rotatable bonds is 4. The van der Waals surface area contributed by atoms with Crippen LogP contribution in [0.25, 0.3) is 0 Å². The predicted octanol–water partition coefficient (Wildman–Crippen LogP) is 3.60. The van der Waals surface area contributed by atoms with Gasteiger partial charge < -0.3 is 19.7 Å². The number of nitrogens with one attached hydrogen (secondary N) is 1. The van der Waals surface area contributed by atoms with E-state index < -0.39 is 17.7 Å². The molecule has 0 bridgehead atoms. The van der Waals surface area contributed by atoms with Crippen LogP contribution < -0.4 is 5.32 Å². The van der Waals surface area contributed by atoms with Crippen molar-refractivity contribution in [3.8, 4) is 0 Å². The van der Waals surface area contributed by atoms with Gasteiger partial charge in [-0.1, -0.05) is 0 Å². The summed E-state index contributed by atoms with van der Waals surface area (Å²) in [6, 6.07) is 3.74. The topological polar surface area (TPSA) is 97.3 Å². The Hall–Kier alpha value is -2.42. The molecule has 0 radical (unpaired) electrons. The maximum absolute atomic E-state index is 12.9. The van der Waals surface area contributed by atoms with Crippen LogP contribution in [0, 0.1) is 5.92 Å². The molecule has 3 rings (SSSR count). The summed E-state index contributed by atoms with van der Waals surface area (Å²) in [5.74, 6) is -0.922. The van der Waals surface area contributed by atoms with Crippen molar-refractivity contribution >= 4 is 44.2 Å². The minimum absolute atomic E-state index is 0.0601. The van der Waals surface area contributed by atoms with E-state index in [4.69, 9.17) is 9.47 Å². The number of likely N-dealkylation sites (tertiary alicyclic amines) is 1. The second kappa shape index (κ2) is 8.75. The van der Waals surface area contributed by atoms with Crippen molar-refractivity contribution in [3.05, 3.63) is 28.8 Å². The van der Waals surface area contributed by atoms with E-state index in [1.165, 1.54) is 6.92 Å². The normalized spacial score (nSPS) is 18.0. The average Bonchev–Trinajstić information content (AvgIpc) is 3.26. The molecule has 2 amide bonds. The molecule has 9 heteroatoms. The van der Waals surface area contributed by atoms with Crippen LogP contribution in [0.15, 0.2) is 17.1 Å². The van der Waals surface area contributed by atoms with Crippen LogP contribution in [0.5, 0.6) is 0 Å². The van der Waals surface area contributed by atoms with Gasteiger partial charge in [0.1, 0.15) is 16.8 Å². The number of hydrogen-bond donors (Lipinski definition) is 1. The van der Waals surface area contributed by atoms with Gasteiger partial charge in [-0.2, -0.15) is 0 Å². The smallest absolute Gasteiger partial charge is 0.410 e. The van der Waals surface area contributed by atoms with Gasteiger partial charge in [-0.3, -0.25) is 14.6 Å². The first-order valence-corrected chi connectivity index (χ1v) is 10.6. The van der Waals surface area contributed by atoms with Gasteiger partial charge in [0.15, 0.2) is 0 Å². The third kappa shape index (κ3) is 5.38. The van der Waals surface area contributed by atoms with Crippen molar-refractivity contribution in [2.45, 2.75) is 52.9 Å². The fourth-order valence-corrected chi connectivity index (χ4v) is 3.87. The van der Waals surface area contributed by atoms with E-state index in [0.29, 0.717) is 37.3 Å². The maximum atomic E-state index is 12.9. The molecule has 1 aromatic carbocycles. The van der Waals surface area contributed by atoms with Crippen LogP contribution >= 0.6 is 15.9 Å². The molecule has 0 spiro atoms. The zero-order chi connectivity index (χ0) is 22.1. The summed E-state index contributed by atoms with van der Waals surface area (Å²) < 4.78 is 11.3. The Bertz CT molecular complexity index is 907. The second-order valence-corrected chi connectivity index (χ2v) is 9.21. The van der Waals surface area contributed by atoms with E-state index >= 15 is 0 Å². The first-order valence-electron chi connectivity index (χ1n) is 9.82. The van der Waals surface area contributed by atoms with Crippen molar-refractivity contribution in [1.29, 1.82) is 0 Å². The lowest BCUT2D eigenvalue weighted by Crippen LogP contribution is -2.36. The zero-order valence-corrected chi connectivity index (χ0v) is 19.2. The molecule has 1 fully saturated rings. The number of aliphatic imine (C=N–C) groups is 1. The largest absolute Gasteiger partial charge is 0.461 e. The number of nitrogens with zero attached hydrogens (tertiary/aromatic N) is 2. The summed E-state index contributed by atoms with van der Waals surface area (Å²) in [6.07, 6.45) is 0.145. The monoisotopic (exact) mass is 479 g/mol. The minimum atomic E-state index is -0.581. The molecule has 2 aliphatic heterocycles. The molecular formula is C21H26BrN3O5. The Balaban J connectivity index is 1.71. The Morgan fingerprint density at radius 1 is 1.30 bits per heavy atom. The standard InChI is InChI=1S/C21H26BrN3O5/c1-12(26)29-11-15-7-14-9-23-18(22)16(14)8-17(15)24-19(27)13-5-6-25(10-13)20(28)30-21(2,3)4/h7-8,13H,5-6,9-11H2,1-4H3,(H,24,27). The highest BCUT2D eigenvalue weighted by Gasteiger charge is 2.34. The molecule has 2 heterocycles. The van der Waals surface area contributed by atoms with Gasteiger partial charge in [0.05, 0.1) is 12.5 Å². The molecule has 30 heavy (non-hydrogen) atoms. The van der Waals surface area contributed by atoms with Crippen molar-refractivity contribution in [2.24, 2.45) is 10.9 Å². The molecule has 1 aromatic rings. The van der Waals surface area contributed by atoms with E-state index in [1.54, 1.807) is 4.90 Å². The first-order chi connectivity index (χ1) is 14.0. The zero-order valence-electron chi connectivity index (χ0n) is 17.6. The van der Waals surface area contributed by atoms with Crippen LogP contribution in [-0.2, 0) is 32.2 Å². The second-order valence-electron chi connectivity index (χ2n) is 8.46. The lowest BCUT2D eigenvalue weighted by atomic mass is 10.0. The fourth-order valence-electron chi connectivity index (χ4n) is 3.37. The number of anilines is 1. The van der Waals surface area contributed by atoms with Crippen LogP contribution in [0.4, 0.5) is 10.5 Å². The summed E-state index contributed by atoms with van der Waals surface area (Å²) in [6.45, 7) is 8.14. The Morgan fingerprint density at radius 3 is 2.70 bits per heavy atom. The first kappa shape index (κ1) is 22.3. The van der Waals surface area contributed by atoms with Gasteiger partial charge in [-0.25, -0.2) is 4.79 Å². The van der Waals surface area contributed by atoms with E-state index in [0.717, 1.165) is 15.7 Å². The summed E-state index contributed by atoms with van der Waals surface area (Å²) in [4.78, 5) is 42.3. The van der Waals surface area contributed by atoms with Gasteiger partial charge in [0, 0.05) is 36.8 Å². The number of esters is 1. The van der Waals surface area contributed by atoms with Crippen LogP contribution in [0.2, 0.25) is 0 Å².